The minimum atomic E-state index is -1.63. The summed E-state index contributed by atoms with van der Waals surface area (Å²) < 4.78 is 9.18. The summed E-state index contributed by atoms with van der Waals surface area (Å²) in [7, 11) is 0. The summed E-state index contributed by atoms with van der Waals surface area (Å²) in [5.74, 6) is -5.12. The van der Waals surface area contributed by atoms with Crippen LogP contribution >= 0.6 is 0 Å². The van der Waals surface area contributed by atoms with Crippen LogP contribution in [-0.4, -0.2) is 46.6 Å². The van der Waals surface area contributed by atoms with Gasteiger partial charge < -0.3 is 19.7 Å². The van der Waals surface area contributed by atoms with Crippen LogP contribution in [0.2, 0.25) is 0 Å². The summed E-state index contributed by atoms with van der Waals surface area (Å²) in [5, 5.41) is 18.5. The Hall–Kier alpha value is -2.38. The molecule has 1 atom stereocenters. The van der Waals surface area contributed by atoms with Gasteiger partial charge in [-0.25, -0.2) is 4.79 Å². The number of esters is 2. The van der Waals surface area contributed by atoms with Crippen molar-refractivity contribution < 1.29 is 38.9 Å². The first-order chi connectivity index (χ1) is 9.20. The third-order valence-corrected chi connectivity index (χ3v) is 2.06. The van der Waals surface area contributed by atoms with Crippen LogP contribution in [0.25, 0.3) is 0 Å². The van der Waals surface area contributed by atoms with Gasteiger partial charge in [0.1, 0.15) is 5.57 Å². The second-order valence-corrected chi connectivity index (χ2v) is 3.73. The molecule has 0 aliphatic rings. The van der Waals surface area contributed by atoms with Gasteiger partial charge in [0.15, 0.2) is 17.6 Å². The van der Waals surface area contributed by atoms with E-state index in [-0.39, 0.29) is 6.61 Å². The summed E-state index contributed by atoms with van der Waals surface area (Å²) in [6.45, 7) is 3.45. The van der Waals surface area contributed by atoms with Gasteiger partial charge in [-0.1, -0.05) is 0 Å². The topological polar surface area (TPSA) is 127 Å². The predicted molar refractivity (Wildman–Crippen MR) is 64.8 cm³/mol. The van der Waals surface area contributed by atoms with Gasteiger partial charge in [0, 0.05) is 6.92 Å². The Labute approximate surface area is 115 Å². The van der Waals surface area contributed by atoms with Crippen LogP contribution in [0.3, 0.4) is 0 Å². The number of carbonyl (C=O) groups is 4. The van der Waals surface area contributed by atoms with Gasteiger partial charge in [-0.2, -0.15) is 0 Å². The third kappa shape index (κ3) is 5.51. The number of carboxylic acids is 1. The molecule has 0 aliphatic heterocycles. The zero-order chi connectivity index (χ0) is 15.9. The second kappa shape index (κ2) is 7.93. The molecular formula is C12H16O8. The number of aliphatic hydroxyl groups excluding tert-OH is 1. The van der Waals surface area contributed by atoms with Crippen LogP contribution in [-0.2, 0) is 28.7 Å². The number of hydrogen-bond donors (Lipinski definition) is 2. The highest BCUT2D eigenvalue weighted by molar-refractivity contribution is 6.16. The molecule has 0 saturated heterocycles. The van der Waals surface area contributed by atoms with E-state index in [1.165, 1.54) is 6.92 Å². The Morgan fingerprint density at radius 1 is 1.10 bits per heavy atom. The molecule has 0 amide bonds. The van der Waals surface area contributed by atoms with Gasteiger partial charge in [-0.05, 0) is 13.8 Å². The minimum Gasteiger partial charge on any atom is -0.507 e. The van der Waals surface area contributed by atoms with Crippen molar-refractivity contribution in [2.45, 2.75) is 33.3 Å². The molecule has 0 saturated carbocycles. The molecule has 0 heterocycles. The smallest absolute Gasteiger partial charge is 0.345 e. The van der Waals surface area contributed by atoms with E-state index in [2.05, 4.69) is 9.47 Å². The SMILES string of the molecule is CCOC(=O)/C(C(C)=O)=C(\O)[C@H](CC(=O)O)OC(C)=O. The highest BCUT2D eigenvalue weighted by atomic mass is 16.6. The Kier molecular flexibility index (Phi) is 6.98. The molecule has 0 bridgehead atoms. The molecule has 0 fully saturated rings. The van der Waals surface area contributed by atoms with Crippen molar-refractivity contribution in [1.82, 2.24) is 0 Å². The van der Waals surface area contributed by atoms with Gasteiger partial charge in [0.2, 0.25) is 0 Å². The van der Waals surface area contributed by atoms with Crippen molar-refractivity contribution in [3.63, 3.8) is 0 Å². The molecule has 8 nitrogen and oxygen atoms in total. The molecule has 0 aliphatic carbocycles. The van der Waals surface area contributed by atoms with Crippen molar-refractivity contribution in [1.29, 1.82) is 0 Å². The van der Waals surface area contributed by atoms with E-state index in [1.54, 1.807) is 0 Å². The molecule has 0 spiro atoms. The summed E-state index contributed by atoms with van der Waals surface area (Å²) in [4.78, 5) is 44.5. The molecule has 8 heteroatoms. The average Bonchev–Trinajstić information content (AvgIpc) is 2.26. The van der Waals surface area contributed by atoms with Crippen LogP contribution in [0.5, 0.6) is 0 Å². The first kappa shape index (κ1) is 17.6. The lowest BCUT2D eigenvalue weighted by atomic mass is 10.1. The van der Waals surface area contributed by atoms with E-state index < -0.39 is 47.5 Å². The maximum absolute atomic E-state index is 11.6. The number of ketones is 1. The molecule has 0 aromatic heterocycles. The maximum Gasteiger partial charge on any atom is 0.345 e. The normalized spacial score (nSPS) is 12.9. The van der Waals surface area contributed by atoms with Gasteiger partial charge in [-0.3, -0.25) is 14.4 Å². The largest absolute Gasteiger partial charge is 0.507 e. The molecule has 0 aromatic carbocycles. The third-order valence-electron chi connectivity index (χ3n) is 2.06. The van der Waals surface area contributed by atoms with E-state index in [0.29, 0.717) is 0 Å². The van der Waals surface area contributed by atoms with Crippen molar-refractivity contribution >= 4 is 23.7 Å². The molecule has 0 radical (unpaired) electrons. The van der Waals surface area contributed by atoms with E-state index in [9.17, 15) is 24.3 Å². The monoisotopic (exact) mass is 288 g/mol. The number of hydrogen-bond acceptors (Lipinski definition) is 7. The summed E-state index contributed by atoms with van der Waals surface area (Å²) in [5.41, 5.74) is -0.737. The number of Topliss-reactive ketones (excluding diaryl/α,β-unsaturated/α-hetero) is 1. The van der Waals surface area contributed by atoms with Crippen LogP contribution in [0.1, 0.15) is 27.2 Å². The van der Waals surface area contributed by atoms with Crippen molar-refractivity contribution in [3.05, 3.63) is 11.3 Å². The van der Waals surface area contributed by atoms with Crippen LogP contribution in [0.4, 0.5) is 0 Å². The molecule has 0 rings (SSSR count). The summed E-state index contributed by atoms with van der Waals surface area (Å²) >= 11 is 0. The first-order valence-corrected chi connectivity index (χ1v) is 5.70. The highest BCUT2D eigenvalue weighted by Crippen LogP contribution is 2.16. The molecule has 0 aromatic rings. The van der Waals surface area contributed by atoms with E-state index in [1.807, 2.05) is 0 Å². The van der Waals surface area contributed by atoms with Crippen molar-refractivity contribution in [3.8, 4) is 0 Å². The standard InChI is InChI=1S/C12H16O8/c1-4-19-12(18)10(6(2)13)11(17)8(5-9(15)16)20-7(3)14/h8,17H,4-5H2,1-3H3,(H,15,16)/b11-10-/t8-/m0/s1. The van der Waals surface area contributed by atoms with Crippen LogP contribution in [0.15, 0.2) is 11.3 Å². The Morgan fingerprint density at radius 2 is 1.65 bits per heavy atom. The van der Waals surface area contributed by atoms with Gasteiger partial charge >= 0.3 is 17.9 Å². The number of aliphatic carboxylic acids is 1. The fourth-order valence-corrected chi connectivity index (χ4v) is 1.35. The van der Waals surface area contributed by atoms with Gasteiger partial charge in [0.05, 0.1) is 13.0 Å². The molecule has 20 heavy (non-hydrogen) atoms. The number of carboxylic acid groups (broad SMARTS) is 1. The Balaban J connectivity index is 5.58. The highest BCUT2D eigenvalue weighted by Gasteiger charge is 2.30. The quantitative estimate of drug-likeness (QED) is 0.226. The summed E-state index contributed by atoms with van der Waals surface area (Å²) in [6.07, 6.45) is -2.42. The summed E-state index contributed by atoms with van der Waals surface area (Å²) in [6, 6.07) is 0. The second-order valence-electron chi connectivity index (χ2n) is 3.73. The van der Waals surface area contributed by atoms with E-state index in [4.69, 9.17) is 5.11 Å². The minimum absolute atomic E-state index is 0.0416. The number of carbonyl (C=O) groups excluding carboxylic acids is 3. The number of rotatable bonds is 7. The van der Waals surface area contributed by atoms with E-state index in [0.717, 1.165) is 13.8 Å². The lowest BCUT2D eigenvalue weighted by molar-refractivity contribution is -0.151. The van der Waals surface area contributed by atoms with Gasteiger partial charge in [-0.15, -0.1) is 0 Å². The predicted octanol–water partition coefficient (Wildman–Crippen LogP) is 0.357. The van der Waals surface area contributed by atoms with E-state index >= 15 is 0 Å². The lowest BCUT2D eigenvalue weighted by Crippen LogP contribution is -2.27. The first-order valence-electron chi connectivity index (χ1n) is 5.70. The molecule has 0 unspecified atom stereocenters. The lowest BCUT2D eigenvalue weighted by Gasteiger charge is -2.16. The number of ether oxygens (including phenoxy) is 2. The molecule has 112 valence electrons. The molecular weight excluding hydrogens is 272 g/mol. The van der Waals surface area contributed by atoms with Crippen molar-refractivity contribution in [2.24, 2.45) is 0 Å². The average molecular weight is 288 g/mol. The fourth-order valence-electron chi connectivity index (χ4n) is 1.35. The Morgan fingerprint density at radius 3 is 2.00 bits per heavy atom. The van der Waals surface area contributed by atoms with Crippen LogP contribution < -0.4 is 0 Å². The van der Waals surface area contributed by atoms with Gasteiger partial charge in [0.25, 0.3) is 0 Å². The fraction of sp³-hybridized carbons (Fsp3) is 0.500. The Bertz CT molecular complexity index is 432. The van der Waals surface area contributed by atoms with Crippen LogP contribution in [0, 0.1) is 0 Å². The number of aliphatic hydroxyl groups is 1. The zero-order valence-corrected chi connectivity index (χ0v) is 11.3. The zero-order valence-electron chi connectivity index (χ0n) is 11.3. The van der Waals surface area contributed by atoms with Crippen molar-refractivity contribution in [2.75, 3.05) is 6.61 Å². The molecule has 2 N–H and O–H groups in total. The maximum atomic E-state index is 11.6.